The van der Waals surface area contributed by atoms with Gasteiger partial charge in [0, 0.05) is 29.5 Å². The summed E-state index contributed by atoms with van der Waals surface area (Å²) < 4.78 is 27.5. The third kappa shape index (κ3) is 4.84. The van der Waals surface area contributed by atoms with Gasteiger partial charge in [0.25, 0.3) is 21.8 Å². The summed E-state index contributed by atoms with van der Waals surface area (Å²) in [6, 6.07) is 19.2. The molecule has 0 bridgehead atoms. The Hall–Kier alpha value is -3.65. The summed E-state index contributed by atoms with van der Waals surface area (Å²) in [5, 5.41) is 5.30. The van der Waals surface area contributed by atoms with Crippen molar-refractivity contribution in [3.63, 3.8) is 0 Å². The normalized spacial score (nSPS) is 10.9. The molecule has 3 aromatic carbocycles. The molecule has 0 aromatic heterocycles. The highest BCUT2D eigenvalue weighted by molar-refractivity contribution is 7.92. The van der Waals surface area contributed by atoms with Crippen LogP contribution in [0, 0.1) is 6.92 Å². The van der Waals surface area contributed by atoms with Crippen LogP contribution in [0.5, 0.6) is 0 Å². The van der Waals surface area contributed by atoms with Gasteiger partial charge in [0.15, 0.2) is 0 Å². The molecule has 2 amide bonds. The Morgan fingerprint density at radius 1 is 0.800 bits per heavy atom. The van der Waals surface area contributed by atoms with Crippen LogP contribution in [0.15, 0.2) is 77.7 Å². The molecule has 3 N–H and O–H groups in total. The van der Waals surface area contributed by atoms with Gasteiger partial charge < -0.3 is 10.6 Å². The number of anilines is 2. The summed E-state index contributed by atoms with van der Waals surface area (Å²) in [5.74, 6) is -0.668. The van der Waals surface area contributed by atoms with Gasteiger partial charge in [-0.1, -0.05) is 24.3 Å². The number of rotatable bonds is 6. The zero-order valence-corrected chi connectivity index (χ0v) is 17.3. The maximum atomic E-state index is 12.6. The molecule has 0 radical (unpaired) electrons. The van der Waals surface area contributed by atoms with Crippen LogP contribution in [-0.2, 0) is 10.0 Å². The second-order valence-electron chi connectivity index (χ2n) is 6.56. The largest absolute Gasteiger partial charge is 0.355 e. The summed E-state index contributed by atoms with van der Waals surface area (Å²) >= 11 is 0. The Morgan fingerprint density at radius 3 is 2.07 bits per heavy atom. The maximum absolute atomic E-state index is 12.6. The van der Waals surface area contributed by atoms with Crippen LogP contribution < -0.4 is 15.4 Å². The molecule has 0 saturated heterocycles. The van der Waals surface area contributed by atoms with Gasteiger partial charge in [-0.15, -0.1) is 0 Å². The zero-order valence-electron chi connectivity index (χ0n) is 16.5. The van der Waals surface area contributed by atoms with Crippen LogP contribution in [0.3, 0.4) is 0 Å². The molecule has 0 aliphatic rings. The van der Waals surface area contributed by atoms with Crippen LogP contribution in [0.25, 0.3) is 0 Å². The highest BCUT2D eigenvalue weighted by Crippen LogP contribution is 2.20. The lowest BCUT2D eigenvalue weighted by atomic mass is 10.1. The summed E-state index contributed by atoms with van der Waals surface area (Å²) in [7, 11) is -2.24. The van der Waals surface area contributed by atoms with E-state index in [-0.39, 0.29) is 10.8 Å². The Balaban J connectivity index is 1.76. The number of benzene rings is 3. The van der Waals surface area contributed by atoms with Crippen LogP contribution in [0.4, 0.5) is 11.4 Å². The standard InChI is InChI=1S/C22H21N3O4S/c1-15-8-9-17(21(26)23-2)14-20(15)24-22(27)16-10-12-19(13-11-16)30(28,29)25-18-6-4-3-5-7-18/h3-14,25H,1-2H3,(H,23,26)(H,24,27). The molecule has 0 fully saturated rings. The number of carbonyl (C=O) groups is 2. The Morgan fingerprint density at radius 2 is 1.43 bits per heavy atom. The summed E-state index contributed by atoms with van der Waals surface area (Å²) in [6.07, 6.45) is 0. The first-order valence-electron chi connectivity index (χ1n) is 9.12. The molecule has 8 heteroatoms. The number of hydrogen-bond acceptors (Lipinski definition) is 4. The number of nitrogens with one attached hydrogen (secondary N) is 3. The third-order valence-corrected chi connectivity index (χ3v) is 5.83. The van der Waals surface area contributed by atoms with Gasteiger partial charge in [0.2, 0.25) is 0 Å². The number of para-hydroxylation sites is 1. The lowest BCUT2D eigenvalue weighted by Crippen LogP contribution is -2.19. The molecular formula is C22H21N3O4S. The van der Waals surface area contributed by atoms with Crippen molar-refractivity contribution >= 4 is 33.2 Å². The molecule has 0 aliphatic heterocycles. The number of sulfonamides is 1. The maximum Gasteiger partial charge on any atom is 0.261 e. The topological polar surface area (TPSA) is 104 Å². The predicted octanol–water partition coefficient (Wildman–Crippen LogP) is 3.41. The summed E-state index contributed by atoms with van der Waals surface area (Å²) in [6.45, 7) is 1.81. The highest BCUT2D eigenvalue weighted by atomic mass is 32.2. The monoisotopic (exact) mass is 423 g/mol. The van der Waals surface area contributed by atoms with Crippen molar-refractivity contribution in [3.8, 4) is 0 Å². The number of hydrogen-bond donors (Lipinski definition) is 3. The van der Waals surface area contributed by atoms with Gasteiger partial charge in [-0.05, 0) is 61.0 Å². The molecule has 0 spiro atoms. The molecule has 30 heavy (non-hydrogen) atoms. The van der Waals surface area contributed by atoms with Gasteiger partial charge in [0.1, 0.15) is 0 Å². The quantitative estimate of drug-likeness (QED) is 0.565. The molecular weight excluding hydrogens is 402 g/mol. The molecule has 3 rings (SSSR count). The van der Waals surface area contributed by atoms with E-state index in [0.29, 0.717) is 22.5 Å². The van der Waals surface area contributed by atoms with Crippen LogP contribution in [0.1, 0.15) is 26.3 Å². The van der Waals surface area contributed by atoms with Gasteiger partial charge in [-0.3, -0.25) is 14.3 Å². The Labute approximate surface area is 175 Å². The summed E-state index contributed by atoms with van der Waals surface area (Å²) in [5.41, 5.74) is 2.46. The average molecular weight is 423 g/mol. The van der Waals surface area contributed by atoms with E-state index in [1.54, 1.807) is 48.5 Å². The van der Waals surface area contributed by atoms with Gasteiger partial charge in [-0.25, -0.2) is 8.42 Å². The average Bonchev–Trinajstić information content (AvgIpc) is 2.75. The third-order valence-electron chi connectivity index (χ3n) is 4.43. The zero-order chi connectivity index (χ0) is 21.7. The van der Waals surface area contributed by atoms with Crippen LogP contribution >= 0.6 is 0 Å². The SMILES string of the molecule is CNC(=O)c1ccc(C)c(NC(=O)c2ccc(S(=O)(=O)Nc3ccccc3)cc2)c1. The van der Waals surface area contributed by atoms with E-state index in [0.717, 1.165) is 5.56 Å². The van der Waals surface area contributed by atoms with E-state index in [4.69, 9.17) is 0 Å². The van der Waals surface area contributed by atoms with Crippen LogP contribution in [-0.4, -0.2) is 27.3 Å². The van der Waals surface area contributed by atoms with Crippen molar-refractivity contribution < 1.29 is 18.0 Å². The molecule has 0 unspecified atom stereocenters. The second-order valence-corrected chi connectivity index (χ2v) is 8.24. The van der Waals surface area contributed by atoms with E-state index >= 15 is 0 Å². The molecule has 0 atom stereocenters. The number of aryl methyl sites for hydroxylation is 1. The lowest BCUT2D eigenvalue weighted by molar-refractivity contribution is 0.0961. The fourth-order valence-electron chi connectivity index (χ4n) is 2.74. The molecule has 3 aromatic rings. The predicted molar refractivity (Wildman–Crippen MR) is 116 cm³/mol. The Kier molecular flexibility index (Phi) is 6.17. The number of carbonyl (C=O) groups excluding carboxylic acids is 2. The second kappa shape index (κ2) is 8.79. The van der Waals surface area contributed by atoms with Crippen LogP contribution in [0.2, 0.25) is 0 Å². The van der Waals surface area contributed by atoms with Crippen molar-refractivity contribution in [1.82, 2.24) is 5.32 Å². The molecule has 154 valence electrons. The molecule has 0 saturated carbocycles. The van der Waals surface area contributed by atoms with Crippen molar-refractivity contribution in [1.29, 1.82) is 0 Å². The fourth-order valence-corrected chi connectivity index (χ4v) is 3.80. The molecule has 0 aliphatic carbocycles. The minimum atomic E-state index is -3.77. The lowest BCUT2D eigenvalue weighted by Gasteiger charge is -2.11. The van der Waals surface area contributed by atoms with Crippen molar-refractivity contribution in [2.45, 2.75) is 11.8 Å². The van der Waals surface area contributed by atoms with E-state index in [1.165, 1.54) is 31.3 Å². The molecule has 0 heterocycles. The van der Waals surface area contributed by atoms with Gasteiger partial charge in [0.05, 0.1) is 4.90 Å². The van der Waals surface area contributed by atoms with E-state index in [9.17, 15) is 18.0 Å². The molecule has 7 nitrogen and oxygen atoms in total. The highest BCUT2D eigenvalue weighted by Gasteiger charge is 2.16. The van der Waals surface area contributed by atoms with Crippen molar-refractivity contribution in [2.75, 3.05) is 17.1 Å². The smallest absolute Gasteiger partial charge is 0.261 e. The first-order valence-corrected chi connectivity index (χ1v) is 10.6. The minimum Gasteiger partial charge on any atom is -0.355 e. The number of amides is 2. The van der Waals surface area contributed by atoms with Crippen molar-refractivity contribution in [3.05, 3.63) is 89.5 Å². The van der Waals surface area contributed by atoms with E-state index in [2.05, 4.69) is 15.4 Å². The minimum absolute atomic E-state index is 0.0423. The summed E-state index contributed by atoms with van der Waals surface area (Å²) in [4.78, 5) is 24.4. The van der Waals surface area contributed by atoms with E-state index in [1.807, 2.05) is 6.92 Å². The van der Waals surface area contributed by atoms with Gasteiger partial charge in [-0.2, -0.15) is 0 Å². The van der Waals surface area contributed by atoms with Crippen molar-refractivity contribution in [2.24, 2.45) is 0 Å². The van der Waals surface area contributed by atoms with Gasteiger partial charge >= 0.3 is 0 Å². The fraction of sp³-hybridized carbons (Fsp3) is 0.0909. The Bertz CT molecular complexity index is 1170. The first-order chi connectivity index (χ1) is 14.3. The van der Waals surface area contributed by atoms with E-state index < -0.39 is 15.9 Å². The first kappa shape index (κ1) is 21.1.